The molecule has 1 N–H and O–H groups in total. The molecule has 134 valence electrons. The molecule has 4 rings (SSSR count). The normalized spacial score (nSPS) is 15.7. The number of hydrogen-bond donors (Lipinski definition) is 1. The highest BCUT2D eigenvalue weighted by atomic mass is 16.2. The molecule has 0 spiro atoms. The van der Waals surface area contributed by atoms with Gasteiger partial charge in [-0.2, -0.15) is 0 Å². The molecule has 0 saturated carbocycles. The lowest BCUT2D eigenvalue weighted by Gasteiger charge is -2.51. The summed E-state index contributed by atoms with van der Waals surface area (Å²) < 4.78 is 1.71. The molecule has 2 aromatic heterocycles. The second-order valence-electron chi connectivity index (χ2n) is 7.02. The third kappa shape index (κ3) is 2.53. The number of pyridine rings is 1. The van der Waals surface area contributed by atoms with E-state index in [1.165, 1.54) is 5.56 Å². The van der Waals surface area contributed by atoms with E-state index in [4.69, 9.17) is 0 Å². The van der Waals surface area contributed by atoms with Crippen LogP contribution < -0.4 is 10.2 Å². The summed E-state index contributed by atoms with van der Waals surface area (Å²) in [5.74, 6) is -0.0729. The topological polar surface area (TPSA) is 62.5 Å². The lowest BCUT2D eigenvalue weighted by atomic mass is 9.71. The van der Waals surface area contributed by atoms with Crippen LogP contribution in [0.5, 0.6) is 0 Å². The third-order valence-corrected chi connectivity index (χ3v) is 5.45. The average Bonchev–Trinajstić information content (AvgIpc) is 3.06. The Hall–Kier alpha value is -2.89. The Morgan fingerprint density at radius 2 is 2.00 bits per heavy atom. The number of carbonyl (C=O) groups excluding carboxylic acids is 1. The number of benzene rings is 1. The van der Waals surface area contributed by atoms with Crippen LogP contribution >= 0.6 is 0 Å². The van der Waals surface area contributed by atoms with Gasteiger partial charge in [0.2, 0.25) is 5.82 Å². The van der Waals surface area contributed by atoms with Crippen LogP contribution in [0.3, 0.4) is 0 Å². The summed E-state index contributed by atoms with van der Waals surface area (Å²) in [5.41, 5.74) is 4.46. The van der Waals surface area contributed by atoms with Gasteiger partial charge in [0.25, 0.3) is 5.91 Å². The standard InChI is InChI=1S/C20H23N5O/c1-4-20(15-8-6-5-7-9-15)12-24(13-20)16-10-14(2)18-22-17(19(26)21-3)23-25(18)11-16/h5-11H,4,12-13H2,1-3H3,(H,21,26). The summed E-state index contributed by atoms with van der Waals surface area (Å²) in [6.07, 6.45) is 3.07. The number of fused-ring (bicyclic) bond motifs is 1. The number of nitrogens with one attached hydrogen (secondary N) is 1. The van der Waals surface area contributed by atoms with Gasteiger partial charge in [0.15, 0.2) is 5.65 Å². The predicted molar refractivity (Wildman–Crippen MR) is 102 cm³/mol. The van der Waals surface area contributed by atoms with E-state index in [0.717, 1.165) is 36.4 Å². The fourth-order valence-electron chi connectivity index (χ4n) is 3.78. The minimum Gasteiger partial charge on any atom is -0.368 e. The van der Waals surface area contributed by atoms with E-state index in [9.17, 15) is 4.79 Å². The van der Waals surface area contributed by atoms with E-state index in [1.54, 1.807) is 11.6 Å². The van der Waals surface area contributed by atoms with Gasteiger partial charge in [-0.1, -0.05) is 37.3 Å². The van der Waals surface area contributed by atoms with Crippen molar-refractivity contribution < 1.29 is 4.79 Å². The highest BCUT2D eigenvalue weighted by molar-refractivity contribution is 5.90. The number of rotatable bonds is 4. The number of amides is 1. The maximum absolute atomic E-state index is 11.8. The Morgan fingerprint density at radius 1 is 1.27 bits per heavy atom. The Morgan fingerprint density at radius 3 is 2.65 bits per heavy atom. The Kier molecular flexibility index (Phi) is 3.90. The SMILES string of the molecule is CCC1(c2ccccc2)CN(c2cc(C)c3nc(C(=O)NC)nn3c2)C1. The van der Waals surface area contributed by atoms with E-state index in [0.29, 0.717) is 0 Å². The number of aromatic nitrogens is 3. The molecule has 26 heavy (non-hydrogen) atoms. The highest BCUT2D eigenvalue weighted by Crippen LogP contribution is 2.40. The first-order valence-corrected chi connectivity index (χ1v) is 8.96. The molecule has 1 aliphatic heterocycles. The lowest BCUT2D eigenvalue weighted by Crippen LogP contribution is -2.59. The van der Waals surface area contributed by atoms with Crippen molar-refractivity contribution in [3.05, 3.63) is 59.5 Å². The fraction of sp³-hybridized carbons (Fsp3) is 0.350. The summed E-state index contributed by atoms with van der Waals surface area (Å²) in [7, 11) is 1.58. The Balaban J connectivity index is 1.63. The van der Waals surface area contributed by atoms with E-state index >= 15 is 0 Å². The fourth-order valence-corrected chi connectivity index (χ4v) is 3.78. The van der Waals surface area contributed by atoms with Gasteiger partial charge in [-0.05, 0) is 30.5 Å². The van der Waals surface area contributed by atoms with E-state index in [2.05, 4.69) is 63.6 Å². The van der Waals surface area contributed by atoms with Crippen LogP contribution in [0, 0.1) is 6.92 Å². The number of aryl methyl sites for hydroxylation is 1. The molecule has 0 radical (unpaired) electrons. The third-order valence-electron chi connectivity index (χ3n) is 5.45. The van der Waals surface area contributed by atoms with E-state index in [-0.39, 0.29) is 17.1 Å². The van der Waals surface area contributed by atoms with Crippen LogP contribution in [0.1, 0.15) is 35.1 Å². The molecule has 1 aromatic carbocycles. The summed E-state index contributed by atoms with van der Waals surface area (Å²) in [6.45, 7) is 6.22. The summed E-state index contributed by atoms with van der Waals surface area (Å²) >= 11 is 0. The summed E-state index contributed by atoms with van der Waals surface area (Å²) in [5, 5.41) is 6.90. The molecule has 1 fully saturated rings. The van der Waals surface area contributed by atoms with Gasteiger partial charge in [-0.3, -0.25) is 4.79 Å². The van der Waals surface area contributed by atoms with Crippen molar-refractivity contribution in [3.8, 4) is 0 Å². The van der Waals surface area contributed by atoms with Gasteiger partial charge < -0.3 is 10.2 Å². The second kappa shape index (κ2) is 6.12. The zero-order chi connectivity index (χ0) is 18.3. The van der Waals surface area contributed by atoms with Gasteiger partial charge >= 0.3 is 0 Å². The van der Waals surface area contributed by atoms with Crippen molar-refractivity contribution in [2.45, 2.75) is 25.7 Å². The minimum atomic E-state index is -0.271. The molecule has 0 atom stereocenters. The van der Waals surface area contributed by atoms with Crippen LogP contribution in [0.4, 0.5) is 5.69 Å². The second-order valence-corrected chi connectivity index (χ2v) is 7.02. The highest BCUT2D eigenvalue weighted by Gasteiger charge is 2.43. The summed E-state index contributed by atoms with van der Waals surface area (Å²) in [6, 6.07) is 12.9. The van der Waals surface area contributed by atoms with E-state index < -0.39 is 0 Å². The molecule has 1 aliphatic rings. The molecule has 3 heterocycles. The van der Waals surface area contributed by atoms with Crippen LogP contribution in [0.2, 0.25) is 0 Å². The Labute approximate surface area is 152 Å². The lowest BCUT2D eigenvalue weighted by molar-refractivity contribution is 0.0953. The summed E-state index contributed by atoms with van der Waals surface area (Å²) in [4.78, 5) is 18.5. The monoisotopic (exact) mass is 349 g/mol. The van der Waals surface area contributed by atoms with Crippen molar-refractivity contribution in [1.82, 2.24) is 19.9 Å². The first kappa shape index (κ1) is 16.6. The van der Waals surface area contributed by atoms with E-state index in [1.807, 2.05) is 13.1 Å². The van der Waals surface area contributed by atoms with Gasteiger partial charge in [0.05, 0.1) is 11.9 Å². The molecule has 0 unspecified atom stereocenters. The van der Waals surface area contributed by atoms with Crippen molar-refractivity contribution >= 4 is 17.2 Å². The van der Waals surface area contributed by atoms with Crippen LogP contribution in [-0.2, 0) is 5.41 Å². The van der Waals surface area contributed by atoms with Crippen LogP contribution in [-0.4, -0.2) is 40.6 Å². The molecular formula is C20H23N5O. The van der Waals surface area contributed by atoms with Gasteiger partial charge in [-0.15, -0.1) is 5.10 Å². The average molecular weight is 349 g/mol. The van der Waals surface area contributed by atoms with Crippen LogP contribution in [0.25, 0.3) is 5.65 Å². The predicted octanol–water partition coefficient (Wildman–Crippen LogP) is 2.57. The molecule has 1 saturated heterocycles. The molecular weight excluding hydrogens is 326 g/mol. The maximum Gasteiger partial charge on any atom is 0.290 e. The van der Waals surface area contributed by atoms with Crippen molar-refractivity contribution in [2.75, 3.05) is 25.0 Å². The quantitative estimate of drug-likeness (QED) is 0.786. The number of hydrogen-bond acceptors (Lipinski definition) is 4. The van der Waals surface area contributed by atoms with Crippen LogP contribution in [0.15, 0.2) is 42.6 Å². The first-order chi connectivity index (χ1) is 12.6. The first-order valence-electron chi connectivity index (χ1n) is 8.96. The van der Waals surface area contributed by atoms with Gasteiger partial charge in [-0.25, -0.2) is 9.50 Å². The maximum atomic E-state index is 11.8. The molecule has 0 bridgehead atoms. The van der Waals surface area contributed by atoms with Crippen molar-refractivity contribution in [1.29, 1.82) is 0 Å². The number of carbonyl (C=O) groups is 1. The zero-order valence-electron chi connectivity index (χ0n) is 15.4. The molecule has 6 heteroatoms. The van der Waals surface area contributed by atoms with Gasteiger partial charge in [0.1, 0.15) is 0 Å². The van der Waals surface area contributed by atoms with Gasteiger partial charge in [0, 0.05) is 25.6 Å². The molecule has 0 aliphatic carbocycles. The zero-order valence-corrected chi connectivity index (χ0v) is 15.4. The smallest absolute Gasteiger partial charge is 0.290 e. The van der Waals surface area contributed by atoms with Crippen molar-refractivity contribution in [3.63, 3.8) is 0 Å². The Bertz CT molecular complexity index is 957. The number of nitrogens with zero attached hydrogens (tertiary/aromatic N) is 4. The molecule has 1 amide bonds. The van der Waals surface area contributed by atoms with Crippen molar-refractivity contribution in [2.24, 2.45) is 0 Å². The largest absolute Gasteiger partial charge is 0.368 e. The number of anilines is 1. The molecule has 3 aromatic rings. The molecule has 6 nitrogen and oxygen atoms in total. The minimum absolute atomic E-state index is 0.198.